The van der Waals surface area contributed by atoms with Gasteiger partial charge in [0.1, 0.15) is 0 Å². The van der Waals surface area contributed by atoms with Gasteiger partial charge in [0.05, 0.1) is 0 Å². The van der Waals surface area contributed by atoms with Crippen molar-refractivity contribution in [2.45, 2.75) is 42.0 Å². The molecule has 0 bridgehead atoms. The van der Waals surface area contributed by atoms with Crippen LogP contribution in [0, 0.1) is 0 Å². The highest BCUT2D eigenvalue weighted by Gasteiger charge is 2.62. The maximum Gasteiger partial charge on any atom is 0.278 e. The van der Waals surface area contributed by atoms with Crippen molar-refractivity contribution >= 4 is 23.2 Å². The fraction of sp³-hybridized carbons (Fsp3) is 1.00. The number of aliphatic hydroxyl groups is 1. The van der Waals surface area contributed by atoms with Gasteiger partial charge in [-0.2, -0.15) is 0 Å². The van der Waals surface area contributed by atoms with Gasteiger partial charge in [-0.25, -0.2) is 8.78 Å². The molecule has 1 atom stereocenters. The van der Waals surface area contributed by atoms with Gasteiger partial charge in [-0.05, 0) is 19.8 Å². The second-order valence-electron chi connectivity index (χ2n) is 3.33. The van der Waals surface area contributed by atoms with Gasteiger partial charge in [-0.1, -0.05) is 23.2 Å². The Kier molecular flexibility index (Phi) is 2.35. The van der Waals surface area contributed by atoms with Crippen LogP contribution in [0.15, 0.2) is 0 Å². The summed E-state index contributed by atoms with van der Waals surface area (Å²) in [4.78, 5) is 0. The van der Waals surface area contributed by atoms with Gasteiger partial charge in [0.15, 0.2) is 9.93 Å². The molecule has 1 rings (SSSR count). The summed E-state index contributed by atoms with van der Waals surface area (Å²) < 4.78 is 24.4. The van der Waals surface area contributed by atoms with Gasteiger partial charge < -0.3 is 5.11 Å². The van der Waals surface area contributed by atoms with E-state index in [1.165, 1.54) is 0 Å². The second kappa shape index (κ2) is 2.69. The van der Waals surface area contributed by atoms with Crippen LogP contribution in [0.5, 0.6) is 0 Å². The van der Waals surface area contributed by atoms with E-state index in [-0.39, 0.29) is 19.3 Å². The molecular weight excluding hydrogens is 209 g/mol. The van der Waals surface area contributed by atoms with Gasteiger partial charge in [-0.15, -0.1) is 0 Å². The van der Waals surface area contributed by atoms with Crippen LogP contribution in [-0.2, 0) is 0 Å². The lowest BCUT2D eigenvalue weighted by Crippen LogP contribution is -2.59. The summed E-state index contributed by atoms with van der Waals surface area (Å²) in [6.45, 7) is 0.978. The van der Waals surface area contributed by atoms with Gasteiger partial charge in [-0.3, -0.25) is 0 Å². The van der Waals surface area contributed by atoms with Crippen molar-refractivity contribution in [2.24, 2.45) is 0 Å². The predicted octanol–water partition coefficient (Wildman–Crippen LogP) is 2.73. The Labute approximate surface area is 79.7 Å². The molecule has 12 heavy (non-hydrogen) atoms. The number of hydrogen-bond donors (Lipinski definition) is 1. The molecule has 0 aromatic carbocycles. The van der Waals surface area contributed by atoms with Crippen LogP contribution in [0.2, 0.25) is 0 Å². The van der Waals surface area contributed by atoms with E-state index < -0.39 is 15.9 Å². The van der Waals surface area contributed by atoms with Crippen molar-refractivity contribution in [3.05, 3.63) is 0 Å². The van der Waals surface area contributed by atoms with E-state index in [0.29, 0.717) is 0 Å². The van der Waals surface area contributed by atoms with Crippen molar-refractivity contribution in [3.8, 4) is 0 Å². The summed E-state index contributed by atoms with van der Waals surface area (Å²) in [5.74, 6) is -3.20. The smallest absolute Gasteiger partial charge is 0.278 e. The zero-order chi connectivity index (χ0) is 9.62. The number of hydrogen-bond acceptors (Lipinski definition) is 1. The first-order valence-corrected chi connectivity index (χ1v) is 4.44. The summed E-state index contributed by atoms with van der Waals surface area (Å²) in [6.07, 6.45) is 0.0655. The first kappa shape index (κ1) is 10.5. The Balaban J connectivity index is 2.99. The van der Waals surface area contributed by atoms with Crippen molar-refractivity contribution in [1.29, 1.82) is 0 Å². The number of alkyl halides is 4. The van der Waals surface area contributed by atoms with E-state index in [0.717, 1.165) is 6.92 Å². The quantitative estimate of drug-likeness (QED) is 0.621. The van der Waals surface area contributed by atoms with E-state index >= 15 is 0 Å². The molecule has 5 heteroatoms. The molecule has 0 aromatic rings. The zero-order valence-electron chi connectivity index (χ0n) is 6.58. The minimum atomic E-state index is -3.20. The van der Waals surface area contributed by atoms with E-state index in [9.17, 15) is 13.9 Å². The maximum atomic E-state index is 13.1. The Morgan fingerprint density at radius 3 is 2.08 bits per heavy atom. The van der Waals surface area contributed by atoms with E-state index in [2.05, 4.69) is 0 Å². The van der Waals surface area contributed by atoms with Crippen LogP contribution in [0.25, 0.3) is 0 Å². The summed E-state index contributed by atoms with van der Waals surface area (Å²) in [7, 11) is 0. The molecule has 1 saturated carbocycles. The predicted molar refractivity (Wildman–Crippen MR) is 43.9 cm³/mol. The minimum absolute atomic E-state index is 0.193. The first-order valence-electron chi connectivity index (χ1n) is 3.69. The van der Waals surface area contributed by atoms with E-state index in [4.69, 9.17) is 23.2 Å². The third-order valence-electron chi connectivity index (χ3n) is 2.41. The second-order valence-corrected chi connectivity index (χ2v) is 4.82. The summed E-state index contributed by atoms with van der Waals surface area (Å²) in [5, 5.41) is 9.42. The molecule has 0 amide bonds. The average molecular weight is 219 g/mol. The molecule has 1 fully saturated rings. The number of rotatable bonds is 0. The molecule has 0 aliphatic heterocycles. The normalized spacial score (nSPS) is 39.5. The molecule has 0 spiro atoms. The number of halogens is 4. The third kappa shape index (κ3) is 1.32. The Morgan fingerprint density at radius 1 is 1.25 bits per heavy atom. The molecule has 1 aliphatic carbocycles. The maximum absolute atomic E-state index is 13.1. The van der Waals surface area contributed by atoms with Crippen molar-refractivity contribution in [3.63, 3.8) is 0 Å². The fourth-order valence-electron chi connectivity index (χ4n) is 1.29. The summed E-state index contributed by atoms with van der Waals surface area (Å²) in [5.41, 5.74) is -2.33. The summed E-state index contributed by atoms with van der Waals surface area (Å²) in [6, 6.07) is 0. The van der Waals surface area contributed by atoms with Crippen LogP contribution in [-0.4, -0.2) is 21.0 Å². The average Bonchev–Trinajstić information content (AvgIpc) is 1.83. The van der Waals surface area contributed by atoms with Gasteiger partial charge in [0.2, 0.25) is 0 Å². The standard InChI is InChI=1S/C7H10Cl2F2O/c1-5(12)6(8,9)3-2-4-7(5,10)11/h12H,2-4H2,1H3. The molecule has 1 unspecified atom stereocenters. The Bertz CT molecular complexity index is 174. The SMILES string of the molecule is CC1(O)C(F)(F)CCCC1(Cl)Cl. The Hall–Kier alpha value is 0.400. The lowest BCUT2D eigenvalue weighted by atomic mass is 9.82. The highest BCUT2D eigenvalue weighted by Crippen LogP contribution is 2.52. The van der Waals surface area contributed by atoms with Crippen LogP contribution < -0.4 is 0 Å². The largest absolute Gasteiger partial charge is 0.381 e. The van der Waals surface area contributed by atoms with Crippen LogP contribution >= 0.6 is 23.2 Å². The molecule has 0 saturated heterocycles. The van der Waals surface area contributed by atoms with Crippen molar-refractivity contribution < 1.29 is 13.9 Å². The molecule has 0 heterocycles. The van der Waals surface area contributed by atoms with Crippen LogP contribution in [0.4, 0.5) is 8.78 Å². The monoisotopic (exact) mass is 218 g/mol. The molecule has 0 aromatic heterocycles. The van der Waals surface area contributed by atoms with Crippen molar-refractivity contribution in [2.75, 3.05) is 0 Å². The Morgan fingerprint density at radius 2 is 1.75 bits per heavy atom. The van der Waals surface area contributed by atoms with Crippen molar-refractivity contribution in [1.82, 2.24) is 0 Å². The van der Waals surface area contributed by atoms with E-state index in [1.807, 2.05) is 0 Å². The highest BCUT2D eigenvalue weighted by molar-refractivity contribution is 6.49. The molecule has 72 valence electrons. The van der Waals surface area contributed by atoms with E-state index in [1.54, 1.807) is 0 Å². The lowest BCUT2D eigenvalue weighted by Gasteiger charge is -2.45. The first-order chi connectivity index (χ1) is 5.21. The van der Waals surface area contributed by atoms with Gasteiger partial charge >= 0.3 is 0 Å². The van der Waals surface area contributed by atoms with Gasteiger partial charge in [0, 0.05) is 6.42 Å². The topological polar surface area (TPSA) is 20.2 Å². The molecule has 1 nitrogen and oxygen atoms in total. The zero-order valence-corrected chi connectivity index (χ0v) is 8.09. The molecule has 1 N–H and O–H groups in total. The minimum Gasteiger partial charge on any atom is -0.381 e. The highest BCUT2D eigenvalue weighted by atomic mass is 35.5. The van der Waals surface area contributed by atoms with Crippen LogP contribution in [0.1, 0.15) is 26.2 Å². The van der Waals surface area contributed by atoms with Gasteiger partial charge in [0.25, 0.3) is 5.92 Å². The molecular formula is C7H10Cl2F2O. The molecule has 0 radical (unpaired) electrons. The lowest BCUT2D eigenvalue weighted by molar-refractivity contribution is -0.197. The van der Waals surface area contributed by atoms with Crippen LogP contribution in [0.3, 0.4) is 0 Å². The third-order valence-corrected chi connectivity index (χ3v) is 3.52. The fourth-order valence-corrected chi connectivity index (χ4v) is 1.83. The summed E-state index contributed by atoms with van der Waals surface area (Å²) >= 11 is 11.2. The molecule has 1 aliphatic rings.